The predicted octanol–water partition coefficient (Wildman–Crippen LogP) is -0.784. The summed E-state index contributed by atoms with van der Waals surface area (Å²) in [5.74, 6) is 0. The molecule has 48 valence electrons. The van der Waals surface area contributed by atoms with Gasteiger partial charge in [0.25, 0.3) is 0 Å². The normalized spacial score (nSPS) is 18.8. The van der Waals surface area contributed by atoms with Crippen LogP contribution >= 0.6 is 0 Å². The molecule has 6 heteroatoms. The van der Waals surface area contributed by atoms with Gasteiger partial charge in [-0.1, -0.05) is 0 Å². The molecule has 0 spiro atoms. The molecule has 8 heavy (non-hydrogen) atoms. The van der Waals surface area contributed by atoms with E-state index < -0.39 is 22.2 Å². The van der Waals surface area contributed by atoms with Gasteiger partial charge in [0, 0.05) is 0 Å². The van der Waals surface area contributed by atoms with Gasteiger partial charge in [-0.3, -0.25) is 8.42 Å². The van der Waals surface area contributed by atoms with Crippen LogP contribution in [0, 0.1) is 0 Å². The lowest BCUT2D eigenvalue weighted by Crippen LogP contribution is -1.81. The van der Waals surface area contributed by atoms with Gasteiger partial charge in [-0.15, -0.1) is 0 Å². The van der Waals surface area contributed by atoms with Gasteiger partial charge in [0.2, 0.25) is 0 Å². The molecule has 0 saturated carbocycles. The standard InChI is InChI=1S/C2H4O4S2/c3-7(4)1-2-8(5)6/h1-2H,(H,3,4)(H,5,6)/p-2. The summed E-state index contributed by atoms with van der Waals surface area (Å²) in [5.41, 5.74) is 0. The summed E-state index contributed by atoms with van der Waals surface area (Å²) in [5, 5.41) is 1.09. The Kier molecular flexibility index (Phi) is 3.88. The molecule has 0 amide bonds. The van der Waals surface area contributed by atoms with Gasteiger partial charge in [-0.25, -0.2) is 0 Å². The molecule has 4 nitrogen and oxygen atoms in total. The smallest absolute Gasteiger partial charge is 0.00381 e. The van der Waals surface area contributed by atoms with Crippen LogP contribution in [0.5, 0.6) is 0 Å². The van der Waals surface area contributed by atoms with Crippen LogP contribution in [0.3, 0.4) is 0 Å². The molecule has 0 aromatic rings. The highest BCUT2D eigenvalue weighted by molar-refractivity contribution is 7.85. The van der Waals surface area contributed by atoms with Crippen molar-refractivity contribution in [2.24, 2.45) is 0 Å². The largest absolute Gasteiger partial charge is 0.769 e. The first-order valence-corrected chi connectivity index (χ1v) is 3.75. The molecular formula is C2H2O4S2-2. The zero-order chi connectivity index (χ0) is 6.57. The van der Waals surface area contributed by atoms with Gasteiger partial charge in [-0.05, 0) is 33.0 Å². The van der Waals surface area contributed by atoms with Crippen LogP contribution < -0.4 is 0 Å². The Labute approximate surface area is 51.2 Å². The lowest BCUT2D eigenvalue weighted by molar-refractivity contribution is 0.542. The minimum absolute atomic E-state index is 0.545. The Balaban J connectivity index is 3.67. The number of rotatable bonds is 2. The van der Waals surface area contributed by atoms with Crippen molar-refractivity contribution < 1.29 is 17.5 Å². The summed E-state index contributed by atoms with van der Waals surface area (Å²) in [6.45, 7) is 0. The van der Waals surface area contributed by atoms with Crippen LogP contribution in [-0.4, -0.2) is 17.5 Å². The van der Waals surface area contributed by atoms with Gasteiger partial charge >= 0.3 is 0 Å². The van der Waals surface area contributed by atoms with Gasteiger partial charge in [0.05, 0.1) is 0 Å². The third kappa shape index (κ3) is 5.96. The molecule has 0 radical (unpaired) electrons. The first-order chi connectivity index (χ1) is 3.63. The van der Waals surface area contributed by atoms with Crippen molar-refractivity contribution in [1.82, 2.24) is 0 Å². The van der Waals surface area contributed by atoms with E-state index in [0.717, 1.165) is 0 Å². The van der Waals surface area contributed by atoms with Crippen molar-refractivity contribution in [2.75, 3.05) is 0 Å². The highest BCUT2D eigenvalue weighted by Crippen LogP contribution is 1.79. The van der Waals surface area contributed by atoms with Crippen LogP contribution in [0.15, 0.2) is 10.8 Å². The van der Waals surface area contributed by atoms with Crippen molar-refractivity contribution >= 4 is 22.2 Å². The average Bonchev–Trinajstić information content (AvgIpc) is 1.61. The quantitative estimate of drug-likeness (QED) is 0.488. The van der Waals surface area contributed by atoms with Crippen molar-refractivity contribution in [3.8, 4) is 0 Å². The molecular weight excluding hydrogens is 152 g/mol. The third-order valence-corrected chi connectivity index (χ3v) is 1.17. The molecule has 0 aliphatic heterocycles. The molecule has 0 heterocycles. The Morgan fingerprint density at radius 1 is 1.00 bits per heavy atom. The zero-order valence-electron chi connectivity index (χ0n) is 3.60. The van der Waals surface area contributed by atoms with E-state index in [2.05, 4.69) is 0 Å². The molecule has 0 aromatic heterocycles. The zero-order valence-corrected chi connectivity index (χ0v) is 5.24. The summed E-state index contributed by atoms with van der Waals surface area (Å²) >= 11 is -4.82. The number of hydrogen-bond donors (Lipinski definition) is 0. The molecule has 0 aliphatic rings. The summed E-state index contributed by atoms with van der Waals surface area (Å²) in [4.78, 5) is 0. The van der Waals surface area contributed by atoms with E-state index in [-0.39, 0.29) is 0 Å². The summed E-state index contributed by atoms with van der Waals surface area (Å²) in [6, 6.07) is 0. The lowest BCUT2D eigenvalue weighted by atomic mass is 11.3. The maximum atomic E-state index is 9.54. The fourth-order valence-electron chi connectivity index (χ4n) is 0.0907. The summed E-state index contributed by atoms with van der Waals surface area (Å²) < 4.78 is 38.2. The van der Waals surface area contributed by atoms with Gasteiger partial charge in [0.15, 0.2) is 0 Å². The minimum Gasteiger partial charge on any atom is -0.769 e. The SMILES string of the molecule is O=S([O-])C=CS(=O)[O-]. The second-order valence-electron chi connectivity index (χ2n) is 0.793. The topological polar surface area (TPSA) is 80.3 Å². The van der Waals surface area contributed by atoms with E-state index in [9.17, 15) is 17.5 Å². The van der Waals surface area contributed by atoms with Crippen LogP contribution in [0.2, 0.25) is 0 Å². The maximum Gasteiger partial charge on any atom is -0.00381 e. The van der Waals surface area contributed by atoms with E-state index >= 15 is 0 Å². The fraction of sp³-hybridized carbons (Fsp3) is 0. The fourth-order valence-corrected chi connectivity index (χ4v) is 0.816. The molecule has 2 unspecified atom stereocenters. The molecule has 0 fully saturated rings. The molecule has 2 atom stereocenters. The van der Waals surface area contributed by atoms with E-state index in [1.165, 1.54) is 0 Å². The second kappa shape index (κ2) is 3.90. The molecule has 0 aliphatic carbocycles. The van der Waals surface area contributed by atoms with E-state index in [0.29, 0.717) is 10.8 Å². The third-order valence-electron chi connectivity index (χ3n) is 0.278. The Morgan fingerprint density at radius 3 is 1.38 bits per heavy atom. The Morgan fingerprint density at radius 2 is 1.25 bits per heavy atom. The highest BCUT2D eigenvalue weighted by atomic mass is 32.2. The van der Waals surface area contributed by atoms with Gasteiger partial charge < -0.3 is 9.11 Å². The number of hydrogen-bond acceptors (Lipinski definition) is 4. The van der Waals surface area contributed by atoms with Crippen molar-refractivity contribution in [3.05, 3.63) is 10.8 Å². The Bertz CT molecular complexity index is 123. The van der Waals surface area contributed by atoms with Gasteiger partial charge in [-0.2, -0.15) is 0 Å². The van der Waals surface area contributed by atoms with Crippen molar-refractivity contribution in [1.29, 1.82) is 0 Å². The van der Waals surface area contributed by atoms with Crippen LogP contribution in [-0.2, 0) is 22.2 Å². The molecule has 0 aromatic carbocycles. The maximum absolute atomic E-state index is 9.54. The Hall–Kier alpha value is -0.0400. The second-order valence-corrected chi connectivity index (χ2v) is 2.38. The van der Waals surface area contributed by atoms with Gasteiger partial charge in [0.1, 0.15) is 0 Å². The van der Waals surface area contributed by atoms with Crippen molar-refractivity contribution in [2.45, 2.75) is 0 Å². The lowest BCUT2D eigenvalue weighted by Gasteiger charge is -1.96. The first-order valence-electron chi connectivity index (χ1n) is 1.47. The highest BCUT2D eigenvalue weighted by Gasteiger charge is 1.67. The van der Waals surface area contributed by atoms with Crippen molar-refractivity contribution in [3.63, 3.8) is 0 Å². The van der Waals surface area contributed by atoms with Crippen LogP contribution in [0.1, 0.15) is 0 Å². The van der Waals surface area contributed by atoms with Crippen LogP contribution in [0.4, 0.5) is 0 Å². The van der Waals surface area contributed by atoms with E-state index in [4.69, 9.17) is 0 Å². The summed E-state index contributed by atoms with van der Waals surface area (Å²) in [7, 11) is 0. The van der Waals surface area contributed by atoms with E-state index in [1.54, 1.807) is 0 Å². The monoisotopic (exact) mass is 154 g/mol. The summed E-state index contributed by atoms with van der Waals surface area (Å²) in [6.07, 6.45) is 0. The first kappa shape index (κ1) is 7.96. The molecule has 0 bridgehead atoms. The molecule has 0 N–H and O–H groups in total. The van der Waals surface area contributed by atoms with Crippen LogP contribution in [0.25, 0.3) is 0 Å². The average molecular weight is 154 g/mol. The predicted molar refractivity (Wildman–Crippen MR) is 27.0 cm³/mol. The molecule has 0 saturated heterocycles. The van der Waals surface area contributed by atoms with E-state index in [1.807, 2.05) is 0 Å². The molecule has 0 rings (SSSR count). The minimum atomic E-state index is -2.41.